The Morgan fingerprint density at radius 3 is 2.83 bits per heavy atom. The van der Waals surface area contributed by atoms with Gasteiger partial charge in [-0.25, -0.2) is 9.97 Å². The van der Waals surface area contributed by atoms with Crippen LogP contribution in [0.3, 0.4) is 0 Å². The highest BCUT2D eigenvalue weighted by atomic mass is 32.2. The fourth-order valence-electron chi connectivity index (χ4n) is 1.92. The summed E-state index contributed by atoms with van der Waals surface area (Å²) < 4.78 is 0.833. The summed E-state index contributed by atoms with van der Waals surface area (Å²) in [4.78, 5) is 20.9. The van der Waals surface area contributed by atoms with Crippen LogP contribution < -0.4 is 0 Å². The molecule has 3 rings (SSSR count). The van der Waals surface area contributed by atoms with Crippen molar-refractivity contribution in [1.29, 1.82) is 5.26 Å². The Morgan fingerprint density at radius 2 is 2.13 bits per heavy atom. The van der Waals surface area contributed by atoms with Crippen molar-refractivity contribution in [3.05, 3.63) is 52.3 Å². The molecule has 0 saturated carbocycles. The zero-order valence-electron chi connectivity index (χ0n) is 11.9. The van der Waals surface area contributed by atoms with Crippen LogP contribution in [0, 0.1) is 11.3 Å². The van der Waals surface area contributed by atoms with Gasteiger partial charge >= 0.3 is 0 Å². The Labute approximate surface area is 145 Å². The van der Waals surface area contributed by atoms with Crippen LogP contribution in [0.1, 0.15) is 10.9 Å². The van der Waals surface area contributed by atoms with E-state index in [0.717, 1.165) is 15.6 Å². The first-order valence-corrected chi connectivity index (χ1v) is 9.48. The Morgan fingerprint density at radius 1 is 1.30 bits per heavy atom. The molecule has 1 atom stereocenters. The van der Waals surface area contributed by atoms with Crippen LogP contribution in [0.5, 0.6) is 0 Å². The zero-order chi connectivity index (χ0) is 16.1. The number of ketones is 1. The molecule has 0 amide bonds. The van der Waals surface area contributed by atoms with Gasteiger partial charge in [0.25, 0.3) is 0 Å². The summed E-state index contributed by atoms with van der Waals surface area (Å²) in [6.45, 7) is 0. The van der Waals surface area contributed by atoms with Crippen molar-refractivity contribution in [3.8, 4) is 17.3 Å². The molecule has 3 aromatic rings. The predicted molar refractivity (Wildman–Crippen MR) is 93.7 cm³/mol. The van der Waals surface area contributed by atoms with E-state index < -0.39 is 5.92 Å². The number of nitriles is 1. The minimum absolute atomic E-state index is 0.137. The molecule has 4 nitrogen and oxygen atoms in total. The predicted octanol–water partition coefficient (Wildman–Crippen LogP) is 4.24. The number of thioether (sulfide) groups is 1. The Hall–Kier alpha value is -2.01. The maximum Gasteiger partial charge on any atom is 0.167 e. The van der Waals surface area contributed by atoms with Crippen molar-refractivity contribution in [2.75, 3.05) is 5.75 Å². The Kier molecular flexibility index (Phi) is 5.18. The first-order chi connectivity index (χ1) is 11.3. The molecule has 114 valence electrons. The fourth-order valence-corrected chi connectivity index (χ4v) is 4.36. The van der Waals surface area contributed by atoms with E-state index in [1.165, 1.54) is 34.4 Å². The fraction of sp³-hybridized carbons (Fsp3) is 0.125. The van der Waals surface area contributed by atoms with Gasteiger partial charge in [0.05, 0.1) is 17.5 Å². The summed E-state index contributed by atoms with van der Waals surface area (Å²) in [6.07, 6.45) is 1.70. The van der Waals surface area contributed by atoms with Gasteiger partial charge in [0.2, 0.25) is 0 Å². The standard InChI is InChI=1S/C16H11N3OS3/c17-8-12(14(20)10-23-16-18-6-7-21-16)15-19-13(9-22-15)11-4-2-1-3-5-11/h1-7,9,12H,10H2/t12-/m0/s1. The smallest absolute Gasteiger partial charge is 0.167 e. The summed E-state index contributed by atoms with van der Waals surface area (Å²) in [5.41, 5.74) is 1.78. The lowest BCUT2D eigenvalue weighted by Gasteiger charge is -2.03. The molecule has 0 radical (unpaired) electrons. The second kappa shape index (κ2) is 7.51. The van der Waals surface area contributed by atoms with Crippen LogP contribution in [-0.4, -0.2) is 21.5 Å². The number of carbonyl (C=O) groups excluding carboxylic acids is 1. The highest BCUT2D eigenvalue weighted by molar-refractivity contribution is 8.01. The highest BCUT2D eigenvalue weighted by Gasteiger charge is 2.24. The molecule has 0 aliphatic carbocycles. The Bertz CT molecular complexity index is 822. The molecule has 0 bridgehead atoms. The quantitative estimate of drug-likeness (QED) is 0.618. The number of hydrogen-bond donors (Lipinski definition) is 0. The molecule has 0 unspecified atom stereocenters. The minimum atomic E-state index is -0.815. The first kappa shape index (κ1) is 15.9. The maximum atomic E-state index is 12.3. The van der Waals surface area contributed by atoms with Gasteiger partial charge in [-0.2, -0.15) is 5.26 Å². The SMILES string of the molecule is N#C[C@@H](C(=O)CSc1nccs1)c1nc(-c2ccccc2)cs1. The van der Waals surface area contributed by atoms with Crippen molar-refractivity contribution >= 4 is 40.2 Å². The molecule has 23 heavy (non-hydrogen) atoms. The van der Waals surface area contributed by atoms with Gasteiger partial charge in [0, 0.05) is 22.5 Å². The van der Waals surface area contributed by atoms with Gasteiger partial charge in [-0.3, -0.25) is 4.79 Å². The maximum absolute atomic E-state index is 12.3. The second-order valence-electron chi connectivity index (χ2n) is 4.55. The van der Waals surface area contributed by atoms with Crippen LogP contribution >= 0.6 is 34.4 Å². The van der Waals surface area contributed by atoms with E-state index in [4.69, 9.17) is 0 Å². The van der Waals surface area contributed by atoms with Crippen molar-refractivity contribution in [1.82, 2.24) is 9.97 Å². The monoisotopic (exact) mass is 357 g/mol. The molecular weight excluding hydrogens is 346 g/mol. The van der Waals surface area contributed by atoms with Gasteiger partial charge in [-0.05, 0) is 0 Å². The van der Waals surface area contributed by atoms with E-state index in [-0.39, 0.29) is 11.5 Å². The van der Waals surface area contributed by atoms with E-state index >= 15 is 0 Å². The molecule has 7 heteroatoms. The van der Waals surface area contributed by atoms with Crippen LogP contribution in [0.2, 0.25) is 0 Å². The van der Waals surface area contributed by atoms with Crippen molar-refractivity contribution < 1.29 is 4.79 Å². The molecule has 0 aliphatic heterocycles. The topological polar surface area (TPSA) is 66.6 Å². The number of Topliss-reactive ketones (excluding diaryl/α,β-unsaturated/α-hetero) is 1. The number of aromatic nitrogens is 2. The van der Waals surface area contributed by atoms with Crippen LogP contribution in [0.25, 0.3) is 11.3 Å². The van der Waals surface area contributed by atoms with Crippen LogP contribution in [-0.2, 0) is 4.79 Å². The summed E-state index contributed by atoms with van der Waals surface area (Å²) >= 11 is 4.20. The molecule has 2 heterocycles. The lowest BCUT2D eigenvalue weighted by Crippen LogP contribution is -2.13. The average Bonchev–Trinajstić information content (AvgIpc) is 3.26. The van der Waals surface area contributed by atoms with Crippen molar-refractivity contribution in [3.63, 3.8) is 0 Å². The van der Waals surface area contributed by atoms with Crippen LogP contribution in [0.15, 0.2) is 51.6 Å². The normalized spacial score (nSPS) is 11.8. The Balaban J connectivity index is 1.72. The zero-order valence-corrected chi connectivity index (χ0v) is 14.3. The molecule has 0 aliphatic rings. The summed E-state index contributed by atoms with van der Waals surface area (Å²) in [5, 5.41) is 13.7. The number of carbonyl (C=O) groups is 1. The molecule has 0 saturated heterocycles. The number of rotatable bonds is 6. The molecule has 0 N–H and O–H groups in total. The third-order valence-electron chi connectivity index (χ3n) is 3.04. The third-order valence-corrected chi connectivity index (χ3v) is 5.93. The van der Waals surface area contributed by atoms with Gasteiger partial charge in [0.1, 0.15) is 9.35 Å². The van der Waals surface area contributed by atoms with Crippen molar-refractivity contribution in [2.45, 2.75) is 10.3 Å². The largest absolute Gasteiger partial charge is 0.297 e. The second-order valence-corrected chi connectivity index (χ2v) is 7.56. The summed E-state index contributed by atoms with van der Waals surface area (Å²) in [6, 6.07) is 11.8. The van der Waals surface area contributed by atoms with E-state index in [0.29, 0.717) is 5.01 Å². The number of benzene rings is 1. The van der Waals surface area contributed by atoms with Gasteiger partial charge in [-0.15, -0.1) is 22.7 Å². The number of nitrogens with zero attached hydrogens (tertiary/aromatic N) is 3. The molecule has 1 aromatic carbocycles. The van der Waals surface area contributed by atoms with E-state index in [2.05, 4.69) is 16.0 Å². The summed E-state index contributed by atoms with van der Waals surface area (Å²) in [5.74, 6) is -0.724. The average molecular weight is 357 g/mol. The molecule has 2 aromatic heterocycles. The van der Waals surface area contributed by atoms with E-state index in [9.17, 15) is 10.1 Å². The highest BCUT2D eigenvalue weighted by Crippen LogP contribution is 2.29. The molecular formula is C16H11N3OS3. The van der Waals surface area contributed by atoms with E-state index in [1.54, 1.807) is 6.20 Å². The van der Waals surface area contributed by atoms with Gasteiger partial charge in [-0.1, -0.05) is 42.1 Å². The lowest BCUT2D eigenvalue weighted by molar-refractivity contribution is -0.116. The van der Waals surface area contributed by atoms with Crippen LogP contribution in [0.4, 0.5) is 0 Å². The summed E-state index contributed by atoms with van der Waals surface area (Å²) in [7, 11) is 0. The van der Waals surface area contributed by atoms with Gasteiger partial charge < -0.3 is 0 Å². The lowest BCUT2D eigenvalue weighted by atomic mass is 10.1. The number of thiazole rings is 2. The first-order valence-electron chi connectivity index (χ1n) is 6.73. The van der Waals surface area contributed by atoms with Gasteiger partial charge in [0.15, 0.2) is 11.7 Å². The molecule has 0 fully saturated rings. The van der Waals surface area contributed by atoms with E-state index in [1.807, 2.05) is 41.1 Å². The van der Waals surface area contributed by atoms with Crippen molar-refractivity contribution in [2.24, 2.45) is 0 Å². The minimum Gasteiger partial charge on any atom is -0.297 e. The third kappa shape index (κ3) is 3.85. The molecule has 0 spiro atoms. The number of hydrogen-bond acceptors (Lipinski definition) is 7.